The maximum absolute atomic E-state index is 10.1. The first-order valence-electron chi connectivity index (χ1n) is 5.67. The topological polar surface area (TPSA) is 46.0 Å². The number of nitrogens with zero attached hydrogens (tertiary/aromatic N) is 2. The molecule has 1 aromatic carbocycles. The van der Waals surface area contributed by atoms with E-state index in [0.717, 1.165) is 5.56 Å². The van der Waals surface area contributed by atoms with Gasteiger partial charge in [0.15, 0.2) is 0 Å². The predicted octanol–water partition coefficient (Wildman–Crippen LogP) is 2.37. The van der Waals surface area contributed by atoms with Crippen LogP contribution in [-0.4, -0.2) is 15.1 Å². The zero-order valence-electron chi connectivity index (χ0n) is 10.1. The molecule has 0 spiro atoms. The fourth-order valence-electron chi connectivity index (χ4n) is 1.82. The average Bonchev–Trinajstić information content (AvgIpc) is 2.35. The fourth-order valence-corrected chi connectivity index (χ4v) is 1.82. The number of rotatable bonds is 3. The quantitative estimate of drug-likeness (QED) is 0.877. The van der Waals surface area contributed by atoms with E-state index in [0.29, 0.717) is 12.1 Å². The third kappa shape index (κ3) is 2.88. The Labute approximate surface area is 101 Å². The molecule has 1 N–H and O–H groups in total. The summed E-state index contributed by atoms with van der Waals surface area (Å²) in [4.78, 5) is 8.08. The number of hydrogen-bond acceptors (Lipinski definition) is 3. The minimum atomic E-state index is -0.593. The molecule has 0 amide bonds. The van der Waals surface area contributed by atoms with Crippen LogP contribution >= 0.6 is 0 Å². The van der Waals surface area contributed by atoms with E-state index in [9.17, 15) is 5.11 Å². The van der Waals surface area contributed by atoms with Crippen LogP contribution in [0.2, 0.25) is 0 Å². The van der Waals surface area contributed by atoms with Crippen molar-refractivity contribution in [2.45, 2.75) is 26.4 Å². The molecule has 0 saturated carbocycles. The molecule has 88 valence electrons. The number of aliphatic hydroxyl groups excluding tert-OH is 1. The van der Waals surface area contributed by atoms with Crippen molar-refractivity contribution in [3.63, 3.8) is 0 Å². The van der Waals surface area contributed by atoms with Crippen molar-refractivity contribution in [3.8, 4) is 0 Å². The Bertz CT molecular complexity index is 497. The Balaban J connectivity index is 2.18. The summed E-state index contributed by atoms with van der Waals surface area (Å²) < 4.78 is 0. The van der Waals surface area contributed by atoms with Gasteiger partial charge in [0.25, 0.3) is 0 Å². The zero-order chi connectivity index (χ0) is 12.3. The molecule has 0 fully saturated rings. The molecular weight excluding hydrogens is 212 g/mol. The van der Waals surface area contributed by atoms with E-state index in [1.165, 1.54) is 11.1 Å². The second-order valence-corrected chi connectivity index (χ2v) is 4.28. The van der Waals surface area contributed by atoms with Gasteiger partial charge in [-0.3, -0.25) is 9.97 Å². The van der Waals surface area contributed by atoms with Gasteiger partial charge in [0.1, 0.15) is 6.10 Å². The summed E-state index contributed by atoms with van der Waals surface area (Å²) in [6.45, 7) is 4.11. The molecule has 1 aromatic heterocycles. The molecule has 17 heavy (non-hydrogen) atoms. The van der Waals surface area contributed by atoms with Crippen LogP contribution in [0.4, 0.5) is 0 Å². The van der Waals surface area contributed by atoms with Crippen LogP contribution in [0.3, 0.4) is 0 Å². The van der Waals surface area contributed by atoms with Gasteiger partial charge in [-0.25, -0.2) is 0 Å². The Kier molecular flexibility index (Phi) is 3.49. The molecule has 0 aliphatic rings. The van der Waals surface area contributed by atoms with Gasteiger partial charge < -0.3 is 5.11 Å². The van der Waals surface area contributed by atoms with Crippen molar-refractivity contribution < 1.29 is 5.11 Å². The maximum atomic E-state index is 10.1. The molecule has 0 bridgehead atoms. The van der Waals surface area contributed by atoms with Gasteiger partial charge in [0, 0.05) is 18.8 Å². The van der Waals surface area contributed by atoms with E-state index < -0.39 is 6.10 Å². The highest BCUT2D eigenvalue weighted by Crippen LogP contribution is 2.19. The van der Waals surface area contributed by atoms with Crippen molar-refractivity contribution in [3.05, 3.63) is 59.2 Å². The van der Waals surface area contributed by atoms with E-state index in [4.69, 9.17) is 0 Å². The summed E-state index contributed by atoms with van der Waals surface area (Å²) in [6, 6.07) is 6.26. The lowest BCUT2D eigenvalue weighted by atomic mass is 9.99. The molecule has 2 aromatic rings. The van der Waals surface area contributed by atoms with Crippen molar-refractivity contribution in [1.29, 1.82) is 0 Å². The zero-order valence-corrected chi connectivity index (χ0v) is 10.1. The summed E-state index contributed by atoms with van der Waals surface area (Å²) in [7, 11) is 0. The maximum Gasteiger partial charge on any atom is 0.102 e. The van der Waals surface area contributed by atoms with Crippen molar-refractivity contribution in [2.75, 3.05) is 0 Å². The summed E-state index contributed by atoms with van der Waals surface area (Å²) >= 11 is 0. The molecule has 0 aliphatic carbocycles. The molecule has 0 saturated heterocycles. The van der Waals surface area contributed by atoms with E-state index in [1.807, 2.05) is 0 Å². The third-order valence-corrected chi connectivity index (χ3v) is 2.84. The minimum Gasteiger partial charge on any atom is -0.386 e. The Morgan fingerprint density at radius 1 is 1.24 bits per heavy atom. The van der Waals surface area contributed by atoms with Crippen LogP contribution in [0, 0.1) is 13.8 Å². The van der Waals surface area contributed by atoms with Gasteiger partial charge in [-0.05, 0) is 25.0 Å². The number of aromatic nitrogens is 2. The standard InChI is InChI=1S/C14H16N2O/c1-10-3-4-11(2)12(7-10)8-14(17)13-9-15-5-6-16-13/h3-7,9,14,17H,8H2,1-2H3. The molecule has 0 aliphatic heterocycles. The van der Waals surface area contributed by atoms with Crippen LogP contribution in [-0.2, 0) is 6.42 Å². The van der Waals surface area contributed by atoms with Crippen LogP contribution in [0.5, 0.6) is 0 Å². The fraction of sp³-hybridized carbons (Fsp3) is 0.286. The monoisotopic (exact) mass is 228 g/mol. The van der Waals surface area contributed by atoms with Crippen molar-refractivity contribution in [2.24, 2.45) is 0 Å². The van der Waals surface area contributed by atoms with Gasteiger partial charge in [-0.1, -0.05) is 23.8 Å². The van der Waals surface area contributed by atoms with E-state index in [1.54, 1.807) is 18.6 Å². The molecule has 3 nitrogen and oxygen atoms in total. The average molecular weight is 228 g/mol. The second-order valence-electron chi connectivity index (χ2n) is 4.28. The SMILES string of the molecule is Cc1ccc(C)c(CC(O)c2cnccn2)c1. The van der Waals surface area contributed by atoms with Crippen molar-refractivity contribution in [1.82, 2.24) is 9.97 Å². The van der Waals surface area contributed by atoms with Gasteiger partial charge >= 0.3 is 0 Å². The number of aryl methyl sites for hydroxylation is 2. The first kappa shape index (κ1) is 11.7. The molecule has 1 heterocycles. The first-order chi connectivity index (χ1) is 8.16. The van der Waals surface area contributed by atoms with Gasteiger partial charge in [0.2, 0.25) is 0 Å². The lowest BCUT2D eigenvalue weighted by Gasteiger charge is -2.12. The molecule has 2 rings (SSSR count). The van der Waals surface area contributed by atoms with Gasteiger partial charge in [-0.2, -0.15) is 0 Å². The number of hydrogen-bond donors (Lipinski definition) is 1. The van der Waals surface area contributed by atoms with Crippen molar-refractivity contribution >= 4 is 0 Å². The molecule has 0 radical (unpaired) electrons. The third-order valence-electron chi connectivity index (χ3n) is 2.84. The number of aliphatic hydroxyl groups is 1. The summed E-state index contributed by atoms with van der Waals surface area (Å²) in [5.74, 6) is 0. The molecule has 3 heteroatoms. The number of benzene rings is 1. The second kappa shape index (κ2) is 5.06. The van der Waals surface area contributed by atoms with Gasteiger partial charge in [0.05, 0.1) is 11.9 Å². The van der Waals surface area contributed by atoms with E-state index in [2.05, 4.69) is 42.0 Å². The Morgan fingerprint density at radius 3 is 2.76 bits per heavy atom. The Hall–Kier alpha value is -1.74. The van der Waals surface area contributed by atoms with E-state index in [-0.39, 0.29) is 0 Å². The minimum absolute atomic E-state index is 0.576. The normalized spacial score (nSPS) is 12.4. The predicted molar refractivity (Wildman–Crippen MR) is 66.6 cm³/mol. The van der Waals surface area contributed by atoms with Gasteiger partial charge in [-0.15, -0.1) is 0 Å². The summed E-state index contributed by atoms with van der Waals surface area (Å²) in [5, 5.41) is 10.1. The van der Waals surface area contributed by atoms with E-state index >= 15 is 0 Å². The Morgan fingerprint density at radius 2 is 2.06 bits per heavy atom. The van der Waals surface area contributed by atoms with Crippen LogP contribution < -0.4 is 0 Å². The highest BCUT2D eigenvalue weighted by atomic mass is 16.3. The highest BCUT2D eigenvalue weighted by molar-refractivity contribution is 5.31. The lowest BCUT2D eigenvalue weighted by molar-refractivity contribution is 0.173. The van der Waals surface area contributed by atoms with Crippen LogP contribution in [0.15, 0.2) is 36.8 Å². The highest BCUT2D eigenvalue weighted by Gasteiger charge is 2.11. The lowest BCUT2D eigenvalue weighted by Crippen LogP contribution is -2.05. The first-order valence-corrected chi connectivity index (χ1v) is 5.67. The van der Waals surface area contributed by atoms with Crippen LogP contribution in [0.25, 0.3) is 0 Å². The largest absolute Gasteiger partial charge is 0.386 e. The molecular formula is C14H16N2O. The summed E-state index contributed by atoms with van der Waals surface area (Å²) in [5.41, 5.74) is 4.17. The molecule has 1 atom stereocenters. The smallest absolute Gasteiger partial charge is 0.102 e. The van der Waals surface area contributed by atoms with Crippen LogP contribution in [0.1, 0.15) is 28.5 Å². The summed E-state index contributed by atoms with van der Waals surface area (Å²) in [6.07, 6.45) is 4.79. The molecule has 1 unspecified atom stereocenters.